The molecule has 0 aliphatic carbocycles. The number of rotatable bonds is 5. The Labute approximate surface area is 96.1 Å². The first-order valence-electron chi connectivity index (χ1n) is 5.46. The van der Waals surface area contributed by atoms with E-state index in [1.54, 1.807) is 12.4 Å². The van der Waals surface area contributed by atoms with Gasteiger partial charge in [-0.25, -0.2) is 4.98 Å². The predicted octanol–water partition coefficient (Wildman–Crippen LogP) is 0.124. The van der Waals surface area contributed by atoms with Crippen molar-refractivity contribution < 1.29 is 10.2 Å². The summed E-state index contributed by atoms with van der Waals surface area (Å²) in [5.74, 6) is 0.863. The van der Waals surface area contributed by atoms with Crippen LogP contribution >= 0.6 is 0 Å². The normalized spacial score (nSPS) is 14.1. The van der Waals surface area contributed by atoms with E-state index in [2.05, 4.69) is 31.1 Å². The van der Waals surface area contributed by atoms with Crippen molar-refractivity contribution in [1.82, 2.24) is 14.9 Å². The van der Waals surface area contributed by atoms with E-state index in [0.29, 0.717) is 13.1 Å². The summed E-state index contributed by atoms with van der Waals surface area (Å²) in [7, 11) is 0. The number of nitrogens with one attached hydrogen (secondary N) is 1. The van der Waals surface area contributed by atoms with Crippen LogP contribution in [0.25, 0.3) is 0 Å². The van der Waals surface area contributed by atoms with E-state index < -0.39 is 6.10 Å². The van der Waals surface area contributed by atoms with Gasteiger partial charge in [-0.1, -0.05) is 0 Å². The molecule has 5 heteroatoms. The minimum atomic E-state index is -0.734. The lowest BCUT2D eigenvalue weighted by Crippen LogP contribution is -2.36. The summed E-state index contributed by atoms with van der Waals surface area (Å²) in [6, 6.07) is 0. The van der Waals surface area contributed by atoms with E-state index in [1.807, 2.05) is 4.57 Å². The minimum Gasteiger partial charge on any atom is -0.394 e. The Bertz CT molecular complexity index is 317. The molecule has 1 unspecified atom stereocenters. The number of nitrogens with zero attached hydrogens (tertiary/aromatic N) is 2. The van der Waals surface area contributed by atoms with Crippen LogP contribution in [0, 0.1) is 0 Å². The molecule has 0 aromatic carbocycles. The summed E-state index contributed by atoms with van der Waals surface area (Å²) in [6.45, 7) is 7.05. The van der Waals surface area contributed by atoms with Crippen molar-refractivity contribution in [2.75, 3.05) is 6.61 Å². The molecular weight excluding hydrogens is 206 g/mol. The molecule has 92 valence electrons. The van der Waals surface area contributed by atoms with E-state index in [9.17, 15) is 5.11 Å². The highest BCUT2D eigenvalue weighted by molar-refractivity contribution is 4.93. The van der Waals surface area contributed by atoms with Crippen LogP contribution in [0.1, 0.15) is 26.6 Å². The SMILES string of the molecule is CC(C)(C)NCc1nccn1CC(O)CO. The van der Waals surface area contributed by atoms with Crippen LogP contribution in [0.4, 0.5) is 0 Å². The first kappa shape index (κ1) is 13.2. The molecular formula is C11H21N3O2. The van der Waals surface area contributed by atoms with E-state index in [1.165, 1.54) is 0 Å². The molecule has 0 fully saturated rings. The Morgan fingerprint density at radius 2 is 2.19 bits per heavy atom. The zero-order valence-corrected chi connectivity index (χ0v) is 10.1. The van der Waals surface area contributed by atoms with E-state index in [4.69, 9.17) is 5.11 Å². The molecule has 1 atom stereocenters. The van der Waals surface area contributed by atoms with Crippen molar-refractivity contribution in [2.24, 2.45) is 0 Å². The highest BCUT2D eigenvalue weighted by Crippen LogP contribution is 2.04. The van der Waals surface area contributed by atoms with Crippen LogP contribution in [-0.4, -0.2) is 38.0 Å². The zero-order chi connectivity index (χ0) is 12.2. The fourth-order valence-corrected chi connectivity index (χ4v) is 1.30. The van der Waals surface area contributed by atoms with E-state index in [-0.39, 0.29) is 12.1 Å². The first-order valence-corrected chi connectivity index (χ1v) is 5.46. The summed E-state index contributed by atoms with van der Waals surface area (Å²) >= 11 is 0. The lowest BCUT2D eigenvalue weighted by Gasteiger charge is -2.21. The Morgan fingerprint density at radius 3 is 2.75 bits per heavy atom. The first-order chi connectivity index (χ1) is 7.42. The highest BCUT2D eigenvalue weighted by Gasteiger charge is 2.12. The minimum absolute atomic E-state index is 0.0341. The molecule has 0 saturated heterocycles. The quantitative estimate of drug-likeness (QED) is 0.668. The van der Waals surface area contributed by atoms with Gasteiger partial charge < -0.3 is 20.1 Å². The van der Waals surface area contributed by atoms with Crippen molar-refractivity contribution in [1.29, 1.82) is 0 Å². The molecule has 0 aliphatic heterocycles. The fraction of sp³-hybridized carbons (Fsp3) is 0.727. The molecule has 5 nitrogen and oxygen atoms in total. The van der Waals surface area contributed by atoms with Gasteiger partial charge in [-0.15, -0.1) is 0 Å². The lowest BCUT2D eigenvalue weighted by atomic mass is 10.1. The smallest absolute Gasteiger partial charge is 0.122 e. The van der Waals surface area contributed by atoms with Gasteiger partial charge in [0.2, 0.25) is 0 Å². The summed E-state index contributed by atoms with van der Waals surface area (Å²) in [4.78, 5) is 4.21. The van der Waals surface area contributed by atoms with Crippen LogP contribution in [0.5, 0.6) is 0 Å². The third-order valence-corrected chi connectivity index (χ3v) is 2.20. The average molecular weight is 227 g/mol. The molecule has 1 aromatic heterocycles. The van der Waals surface area contributed by atoms with E-state index >= 15 is 0 Å². The second-order valence-corrected chi connectivity index (χ2v) is 4.94. The van der Waals surface area contributed by atoms with Gasteiger partial charge in [0.1, 0.15) is 5.82 Å². The van der Waals surface area contributed by atoms with Gasteiger partial charge in [-0.3, -0.25) is 0 Å². The van der Waals surface area contributed by atoms with Crippen molar-refractivity contribution in [2.45, 2.75) is 45.5 Å². The fourth-order valence-electron chi connectivity index (χ4n) is 1.30. The number of aliphatic hydroxyl groups is 2. The van der Waals surface area contributed by atoms with Crippen LogP contribution in [0.2, 0.25) is 0 Å². The standard InChI is InChI=1S/C11H21N3O2/c1-11(2,3)13-6-10-12-4-5-14(10)7-9(16)8-15/h4-5,9,13,15-16H,6-8H2,1-3H3. The van der Waals surface area contributed by atoms with Crippen LogP contribution in [-0.2, 0) is 13.1 Å². The number of hydrogen-bond acceptors (Lipinski definition) is 4. The van der Waals surface area contributed by atoms with Gasteiger partial charge in [-0.05, 0) is 20.8 Å². The van der Waals surface area contributed by atoms with Gasteiger partial charge in [0.05, 0.1) is 25.8 Å². The zero-order valence-electron chi connectivity index (χ0n) is 10.1. The van der Waals surface area contributed by atoms with Gasteiger partial charge in [0.15, 0.2) is 0 Å². The molecule has 1 heterocycles. The molecule has 16 heavy (non-hydrogen) atoms. The summed E-state index contributed by atoms with van der Waals surface area (Å²) < 4.78 is 1.85. The van der Waals surface area contributed by atoms with Crippen LogP contribution in [0.3, 0.4) is 0 Å². The monoisotopic (exact) mass is 227 g/mol. The van der Waals surface area contributed by atoms with E-state index in [0.717, 1.165) is 5.82 Å². The maximum atomic E-state index is 9.36. The van der Waals surface area contributed by atoms with Gasteiger partial charge >= 0.3 is 0 Å². The molecule has 0 radical (unpaired) electrons. The molecule has 0 spiro atoms. The van der Waals surface area contributed by atoms with Gasteiger partial charge in [0.25, 0.3) is 0 Å². The highest BCUT2D eigenvalue weighted by atomic mass is 16.3. The van der Waals surface area contributed by atoms with Crippen LogP contribution < -0.4 is 5.32 Å². The summed E-state index contributed by atoms with van der Waals surface area (Å²) in [6.07, 6.45) is 2.77. The number of hydrogen-bond donors (Lipinski definition) is 3. The Balaban J connectivity index is 2.57. The molecule has 3 N–H and O–H groups in total. The number of imidazole rings is 1. The maximum absolute atomic E-state index is 9.36. The average Bonchev–Trinajstić information content (AvgIpc) is 2.61. The Kier molecular flexibility index (Phi) is 4.46. The Morgan fingerprint density at radius 1 is 1.50 bits per heavy atom. The largest absolute Gasteiger partial charge is 0.394 e. The molecule has 0 amide bonds. The molecule has 1 rings (SSSR count). The number of aliphatic hydroxyl groups excluding tert-OH is 2. The predicted molar refractivity (Wildman–Crippen MR) is 61.9 cm³/mol. The van der Waals surface area contributed by atoms with Crippen molar-refractivity contribution >= 4 is 0 Å². The van der Waals surface area contributed by atoms with Crippen LogP contribution in [0.15, 0.2) is 12.4 Å². The van der Waals surface area contributed by atoms with Crippen molar-refractivity contribution in [3.63, 3.8) is 0 Å². The van der Waals surface area contributed by atoms with Gasteiger partial charge in [0, 0.05) is 17.9 Å². The molecule has 1 aromatic rings. The molecule has 0 saturated carbocycles. The topological polar surface area (TPSA) is 70.3 Å². The second-order valence-electron chi connectivity index (χ2n) is 4.94. The van der Waals surface area contributed by atoms with Crippen molar-refractivity contribution in [3.05, 3.63) is 18.2 Å². The molecule has 0 aliphatic rings. The second kappa shape index (κ2) is 5.43. The summed E-state index contributed by atoms with van der Waals surface area (Å²) in [5, 5.41) is 21.5. The third kappa shape index (κ3) is 4.30. The third-order valence-electron chi connectivity index (χ3n) is 2.20. The number of aromatic nitrogens is 2. The van der Waals surface area contributed by atoms with Crippen molar-refractivity contribution in [3.8, 4) is 0 Å². The maximum Gasteiger partial charge on any atom is 0.122 e. The van der Waals surface area contributed by atoms with Gasteiger partial charge in [-0.2, -0.15) is 0 Å². The Hall–Kier alpha value is -0.910. The summed E-state index contributed by atoms with van der Waals surface area (Å²) in [5.41, 5.74) is 0.0341. The lowest BCUT2D eigenvalue weighted by molar-refractivity contribution is 0.0803. The molecule has 0 bridgehead atoms.